The first kappa shape index (κ1) is 19.7. The molecule has 2 heterocycles. The van der Waals surface area contributed by atoms with Gasteiger partial charge >= 0.3 is 11.9 Å². The van der Waals surface area contributed by atoms with Gasteiger partial charge in [-0.15, -0.1) is 0 Å². The number of hydrogen-bond acceptors (Lipinski definition) is 4. The zero-order valence-corrected chi connectivity index (χ0v) is 14.6. The smallest absolute Gasteiger partial charge is 0.295 e. The summed E-state index contributed by atoms with van der Waals surface area (Å²) in [5.41, 5.74) is 0.659. The maximum atomic E-state index is 12.4. The van der Waals surface area contributed by atoms with E-state index in [1.165, 1.54) is 11.1 Å². The van der Waals surface area contributed by atoms with E-state index >= 15 is 0 Å². The molecule has 9 heteroatoms. The van der Waals surface area contributed by atoms with Gasteiger partial charge in [0.05, 0.1) is 11.5 Å². The van der Waals surface area contributed by atoms with E-state index in [-0.39, 0.29) is 11.6 Å². The largest absolute Gasteiger partial charge is 0.401 e. The molecule has 0 aromatic carbocycles. The molecule has 1 aliphatic rings. The lowest BCUT2D eigenvalue weighted by Crippen LogP contribution is -2.40. The minimum Gasteiger partial charge on any atom is -0.295 e. The first-order chi connectivity index (χ1) is 11.7. The van der Waals surface area contributed by atoms with Crippen molar-refractivity contribution < 1.29 is 18.1 Å². The summed E-state index contributed by atoms with van der Waals surface area (Å²) in [6.07, 6.45) is -0.175. The standard InChI is InChI=1S/C16H25F3N4O2/c1-12(2)3-4-14-15(23(24)25)9-20-22(14)10-13-5-7-21(8-6-13)11-16(17,18)19/h9,12-13H,3-8,10-11H2,1-2H3. The molecule has 1 aromatic heterocycles. The SMILES string of the molecule is CC(C)CCc1c([N+](=O)[O-])cnn1CC1CCN(CC(F)(F)F)CC1. The van der Waals surface area contributed by atoms with Gasteiger partial charge in [-0.25, -0.2) is 0 Å². The number of hydrogen-bond donors (Lipinski definition) is 0. The molecule has 2 rings (SSSR count). The summed E-state index contributed by atoms with van der Waals surface area (Å²) in [6.45, 7) is 4.57. The Morgan fingerprint density at radius 3 is 2.52 bits per heavy atom. The first-order valence-corrected chi connectivity index (χ1v) is 8.64. The Morgan fingerprint density at radius 1 is 1.36 bits per heavy atom. The van der Waals surface area contributed by atoms with Crippen molar-refractivity contribution in [3.05, 3.63) is 22.0 Å². The zero-order chi connectivity index (χ0) is 18.6. The maximum Gasteiger partial charge on any atom is 0.401 e. The van der Waals surface area contributed by atoms with Crippen LogP contribution in [0.3, 0.4) is 0 Å². The molecule has 0 saturated carbocycles. The Bertz CT molecular complexity index is 578. The fourth-order valence-corrected chi connectivity index (χ4v) is 3.22. The van der Waals surface area contributed by atoms with Gasteiger partial charge in [-0.3, -0.25) is 19.7 Å². The summed E-state index contributed by atoms with van der Waals surface area (Å²) in [4.78, 5) is 12.2. The summed E-state index contributed by atoms with van der Waals surface area (Å²) in [5, 5.41) is 15.4. The molecule has 142 valence electrons. The molecule has 0 spiro atoms. The topological polar surface area (TPSA) is 64.2 Å². The quantitative estimate of drug-likeness (QED) is 0.549. The van der Waals surface area contributed by atoms with E-state index in [4.69, 9.17) is 0 Å². The predicted molar refractivity (Wildman–Crippen MR) is 87.3 cm³/mol. The Labute approximate surface area is 145 Å². The third kappa shape index (κ3) is 5.98. The number of piperidine rings is 1. The minimum absolute atomic E-state index is 0.0372. The third-order valence-electron chi connectivity index (χ3n) is 4.62. The summed E-state index contributed by atoms with van der Waals surface area (Å²) >= 11 is 0. The molecule has 1 fully saturated rings. The highest BCUT2D eigenvalue weighted by Crippen LogP contribution is 2.26. The van der Waals surface area contributed by atoms with Crippen LogP contribution in [0.25, 0.3) is 0 Å². The Kier molecular flexibility index (Phi) is 6.42. The van der Waals surface area contributed by atoms with E-state index in [9.17, 15) is 23.3 Å². The van der Waals surface area contributed by atoms with Gasteiger partial charge in [0.2, 0.25) is 0 Å². The van der Waals surface area contributed by atoms with Gasteiger partial charge in [-0.2, -0.15) is 18.3 Å². The molecule has 1 aromatic rings. The number of halogens is 3. The number of likely N-dealkylation sites (tertiary alicyclic amines) is 1. The normalized spacial score (nSPS) is 17.4. The van der Waals surface area contributed by atoms with Crippen molar-refractivity contribution >= 4 is 5.69 Å². The molecule has 1 saturated heterocycles. The molecule has 0 unspecified atom stereocenters. The molecule has 0 bridgehead atoms. The van der Waals surface area contributed by atoms with E-state index in [1.54, 1.807) is 4.68 Å². The van der Waals surface area contributed by atoms with Crippen LogP contribution in [0.5, 0.6) is 0 Å². The van der Waals surface area contributed by atoms with Crippen LogP contribution in [0.4, 0.5) is 18.9 Å². The van der Waals surface area contributed by atoms with Crippen LogP contribution in [0.1, 0.15) is 38.8 Å². The highest BCUT2D eigenvalue weighted by Gasteiger charge is 2.33. The fourth-order valence-electron chi connectivity index (χ4n) is 3.22. The monoisotopic (exact) mass is 362 g/mol. The van der Waals surface area contributed by atoms with E-state index in [0.29, 0.717) is 50.5 Å². The molecule has 1 aliphatic heterocycles. The van der Waals surface area contributed by atoms with E-state index in [1.807, 2.05) is 0 Å². The molecule has 0 amide bonds. The second-order valence-electron chi connectivity index (χ2n) is 7.18. The number of aromatic nitrogens is 2. The summed E-state index contributed by atoms with van der Waals surface area (Å²) in [7, 11) is 0. The highest BCUT2D eigenvalue weighted by atomic mass is 19.4. The van der Waals surface area contributed by atoms with Crippen LogP contribution in [0.15, 0.2) is 6.20 Å². The molecular formula is C16H25F3N4O2. The van der Waals surface area contributed by atoms with E-state index in [2.05, 4.69) is 18.9 Å². The van der Waals surface area contributed by atoms with Crippen LogP contribution in [-0.4, -0.2) is 45.4 Å². The van der Waals surface area contributed by atoms with Gasteiger partial charge in [-0.05, 0) is 50.6 Å². The van der Waals surface area contributed by atoms with Gasteiger partial charge in [0.15, 0.2) is 0 Å². The van der Waals surface area contributed by atoms with Crippen LogP contribution in [0, 0.1) is 22.0 Å². The molecule has 25 heavy (non-hydrogen) atoms. The minimum atomic E-state index is -4.17. The Morgan fingerprint density at radius 2 is 2.00 bits per heavy atom. The number of nitrogens with zero attached hydrogens (tertiary/aromatic N) is 4. The van der Waals surface area contributed by atoms with Crippen molar-refractivity contribution in [3.8, 4) is 0 Å². The summed E-state index contributed by atoms with van der Waals surface area (Å²) < 4.78 is 39.0. The van der Waals surface area contributed by atoms with Gasteiger partial charge < -0.3 is 0 Å². The number of nitro groups is 1. The van der Waals surface area contributed by atoms with Gasteiger partial charge in [0.1, 0.15) is 11.9 Å². The molecule has 0 radical (unpaired) electrons. The predicted octanol–water partition coefficient (Wildman–Crippen LogP) is 3.65. The van der Waals surface area contributed by atoms with Crippen LogP contribution in [0.2, 0.25) is 0 Å². The Balaban J connectivity index is 1.97. The molecular weight excluding hydrogens is 337 g/mol. The van der Waals surface area contributed by atoms with Crippen molar-refractivity contribution in [1.82, 2.24) is 14.7 Å². The lowest BCUT2D eigenvalue weighted by Gasteiger charge is -2.32. The average molecular weight is 362 g/mol. The first-order valence-electron chi connectivity index (χ1n) is 8.64. The van der Waals surface area contributed by atoms with Crippen molar-refractivity contribution in [2.45, 2.75) is 52.3 Å². The van der Waals surface area contributed by atoms with Gasteiger partial charge in [0, 0.05) is 6.54 Å². The van der Waals surface area contributed by atoms with Crippen molar-refractivity contribution in [3.63, 3.8) is 0 Å². The molecule has 6 nitrogen and oxygen atoms in total. The van der Waals surface area contributed by atoms with Crippen LogP contribution < -0.4 is 0 Å². The van der Waals surface area contributed by atoms with Crippen molar-refractivity contribution in [2.75, 3.05) is 19.6 Å². The number of alkyl halides is 3. The zero-order valence-electron chi connectivity index (χ0n) is 14.6. The van der Waals surface area contributed by atoms with E-state index in [0.717, 1.165) is 6.42 Å². The summed E-state index contributed by atoms with van der Waals surface area (Å²) in [6, 6.07) is 0. The second kappa shape index (κ2) is 8.16. The van der Waals surface area contributed by atoms with Crippen molar-refractivity contribution in [1.29, 1.82) is 0 Å². The van der Waals surface area contributed by atoms with Gasteiger partial charge in [-0.1, -0.05) is 13.8 Å². The van der Waals surface area contributed by atoms with Gasteiger partial charge in [0.25, 0.3) is 0 Å². The highest BCUT2D eigenvalue weighted by molar-refractivity contribution is 5.33. The average Bonchev–Trinajstić information content (AvgIpc) is 2.88. The van der Waals surface area contributed by atoms with Crippen molar-refractivity contribution in [2.24, 2.45) is 11.8 Å². The summed E-state index contributed by atoms with van der Waals surface area (Å²) in [5.74, 6) is 0.621. The van der Waals surface area contributed by atoms with E-state index < -0.39 is 17.6 Å². The Hall–Kier alpha value is -1.64. The molecule has 0 N–H and O–H groups in total. The van der Waals surface area contributed by atoms with Crippen LogP contribution in [-0.2, 0) is 13.0 Å². The lowest BCUT2D eigenvalue weighted by molar-refractivity contribution is -0.385. The maximum absolute atomic E-state index is 12.4. The lowest BCUT2D eigenvalue weighted by atomic mass is 9.96. The molecule has 0 aliphatic carbocycles. The fraction of sp³-hybridized carbons (Fsp3) is 0.812. The van der Waals surface area contributed by atoms with Crippen LogP contribution >= 0.6 is 0 Å². The molecule has 0 atom stereocenters. The second-order valence-corrected chi connectivity index (χ2v) is 7.18. The number of rotatable bonds is 7. The third-order valence-corrected chi connectivity index (χ3v) is 4.62.